The molecule has 0 spiro atoms. The number of esters is 1. The zero-order valence-corrected chi connectivity index (χ0v) is 26.2. The number of nitrogens with zero attached hydrogens (tertiary/aromatic N) is 2. The van der Waals surface area contributed by atoms with Gasteiger partial charge in [0.2, 0.25) is 0 Å². The van der Waals surface area contributed by atoms with Gasteiger partial charge in [0.15, 0.2) is 0 Å². The molecule has 1 aliphatic heterocycles. The van der Waals surface area contributed by atoms with Crippen LogP contribution in [0.25, 0.3) is 0 Å². The van der Waals surface area contributed by atoms with Crippen LogP contribution < -0.4 is 4.74 Å². The molecule has 0 unspecified atom stereocenters. The lowest BCUT2D eigenvalue weighted by Gasteiger charge is -2.19. The Labute approximate surface area is 255 Å². The third-order valence-corrected chi connectivity index (χ3v) is 7.32. The van der Waals surface area contributed by atoms with E-state index < -0.39 is 5.60 Å². The van der Waals surface area contributed by atoms with Crippen molar-refractivity contribution < 1.29 is 23.9 Å². The molecular weight excluding hydrogens is 540 g/mol. The van der Waals surface area contributed by atoms with Crippen molar-refractivity contribution in [3.63, 3.8) is 0 Å². The van der Waals surface area contributed by atoms with E-state index in [4.69, 9.17) is 9.47 Å². The van der Waals surface area contributed by atoms with Crippen molar-refractivity contribution >= 4 is 17.8 Å². The van der Waals surface area contributed by atoms with Gasteiger partial charge in [-0.1, -0.05) is 48.5 Å². The van der Waals surface area contributed by atoms with Gasteiger partial charge in [-0.05, 0) is 107 Å². The van der Waals surface area contributed by atoms with E-state index in [1.807, 2.05) is 39.0 Å². The number of carbonyl (C=O) groups excluding carboxylic acids is 3. The number of hydrogen-bond donors (Lipinski definition) is 0. The van der Waals surface area contributed by atoms with Crippen LogP contribution in [0.1, 0.15) is 76.6 Å². The third kappa shape index (κ3) is 9.26. The smallest absolute Gasteiger partial charge is 0.306 e. The second kappa shape index (κ2) is 14.5. The Balaban J connectivity index is 1.47. The number of ether oxygens (including phenoxy) is 2. The summed E-state index contributed by atoms with van der Waals surface area (Å²) in [6.07, 6.45) is 3.91. The van der Waals surface area contributed by atoms with Gasteiger partial charge in [-0.2, -0.15) is 0 Å². The molecular formula is C36H44N2O5. The number of para-hydroxylation sites is 1. The summed E-state index contributed by atoms with van der Waals surface area (Å²) in [4.78, 5) is 41.8. The van der Waals surface area contributed by atoms with Crippen molar-refractivity contribution in [3.05, 3.63) is 100 Å². The first-order valence-corrected chi connectivity index (χ1v) is 15.1. The van der Waals surface area contributed by atoms with Gasteiger partial charge in [0.05, 0.1) is 17.7 Å². The van der Waals surface area contributed by atoms with Crippen molar-refractivity contribution in [2.24, 2.45) is 0 Å². The van der Waals surface area contributed by atoms with Crippen LogP contribution in [0.5, 0.6) is 5.75 Å². The van der Waals surface area contributed by atoms with Gasteiger partial charge < -0.3 is 14.4 Å². The van der Waals surface area contributed by atoms with E-state index in [2.05, 4.69) is 43.3 Å². The Morgan fingerprint density at radius 1 is 0.791 bits per heavy atom. The van der Waals surface area contributed by atoms with E-state index in [9.17, 15) is 14.4 Å². The van der Waals surface area contributed by atoms with Crippen molar-refractivity contribution in [2.75, 3.05) is 33.8 Å². The van der Waals surface area contributed by atoms with E-state index in [-0.39, 0.29) is 24.2 Å². The summed E-state index contributed by atoms with van der Waals surface area (Å²) >= 11 is 0. The van der Waals surface area contributed by atoms with Crippen molar-refractivity contribution in [1.29, 1.82) is 0 Å². The van der Waals surface area contributed by atoms with Crippen LogP contribution in [0.4, 0.5) is 0 Å². The molecule has 3 aromatic carbocycles. The fraction of sp³-hybridized carbons (Fsp3) is 0.417. The molecule has 0 bridgehead atoms. The van der Waals surface area contributed by atoms with Gasteiger partial charge in [-0.25, -0.2) is 0 Å². The van der Waals surface area contributed by atoms with E-state index >= 15 is 0 Å². The molecule has 1 heterocycles. The highest BCUT2D eigenvalue weighted by molar-refractivity contribution is 6.21. The summed E-state index contributed by atoms with van der Waals surface area (Å²) < 4.78 is 11.6. The number of imide groups is 1. The highest BCUT2D eigenvalue weighted by atomic mass is 16.6. The van der Waals surface area contributed by atoms with Gasteiger partial charge in [-0.3, -0.25) is 19.3 Å². The van der Waals surface area contributed by atoms with Crippen molar-refractivity contribution in [1.82, 2.24) is 9.80 Å². The monoisotopic (exact) mass is 584 g/mol. The molecule has 2 amide bonds. The molecule has 0 radical (unpaired) electrons. The second-order valence-corrected chi connectivity index (χ2v) is 12.4. The zero-order valence-electron chi connectivity index (χ0n) is 26.2. The highest BCUT2D eigenvalue weighted by Gasteiger charge is 2.34. The number of carbonyl (C=O) groups is 3. The van der Waals surface area contributed by atoms with Crippen molar-refractivity contribution in [3.8, 4) is 5.75 Å². The largest absolute Gasteiger partial charge is 0.493 e. The van der Waals surface area contributed by atoms with Gasteiger partial charge >= 0.3 is 5.97 Å². The van der Waals surface area contributed by atoms with Gasteiger partial charge in [0.1, 0.15) is 11.4 Å². The maximum Gasteiger partial charge on any atom is 0.306 e. The fourth-order valence-corrected chi connectivity index (χ4v) is 5.29. The number of benzene rings is 3. The van der Waals surface area contributed by atoms with Gasteiger partial charge in [0, 0.05) is 19.5 Å². The summed E-state index contributed by atoms with van der Waals surface area (Å²) in [6, 6.07) is 21.5. The SMILES string of the molecule is CN(C)CCCOc1ccccc1CCc1cc(CCC(=O)OC(C)(C)C)cc(CCN2C(=O)c3ccccc3C2=O)c1. The predicted octanol–water partition coefficient (Wildman–Crippen LogP) is 5.92. The average Bonchev–Trinajstić information content (AvgIpc) is 3.20. The third-order valence-electron chi connectivity index (χ3n) is 7.32. The molecule has 3 aromatic rings. The first-order chi connectivity index (χ1) is 20.5. The lowest BCUT2D eigenvalue weighted by atomic mass is 9.96. The molecule has 0 aromatic heterocycles. The minimum absolute atomic E-state index is 0.231. The van der Waals surface area contributed by atoms with Crippen LogP contribution >= 0.6 is 0 Å². The molecule has 0 aliphatic carbocycles. The predicted molar refractivity (Wildman–Crippen MR) is 169 cm³/mol. The highest BCUT2D eigenvalue weighted by Crippen LogP contribution is 2.25. The van der Waals surface area contributed by atoms with Crippen LogP contribution in [-0.2, 0) is 35.2 Å². The summed E-state index contributed by atoms with van der Waals surface area (Å²) in [7, 11) is 4.12. The Bertz CT molecular complexity index is 1400. The summed E-state index contributed by atoms with van der Waals surface area (Å²) in [5.41, 5.74) is 4.75. The minimum Gasteiger partial charge on any atom is -0.493 e. The maximum absolute atomic E-state index is 12.9. The molecule has 0 N–H and O–H groups in total. The first-order valence-electron chi connectivity index (χ1n) is 15.1. The Morgan fingerprint density at radius 2 is 1.37 bits per heavy atom. The van der Waals surface area contributed by atoms with E-state index in [0.717, 1.165) is 53.8 Å². The lowest BCUT2D eigenvalue weighted by Crippen LogP contribution is -2.31. The van der Waals surface area contributed by atoms with Crippen LogP contribution in [0.2, 0.25) is 0 Å². The van der Waals surface area contributed by atoms with Crippen LogP contribution in [-0.4, -0.2) is 67.0 Å². The van der Waals surface area contributed by atoms with E-state index in [0.29, 0.717) is 37.1 Å². The summed E-state index contributed by atoms with van der Waals surface area (Å²) in [6.45, 7) is 7.54. The van der Waals surface area contributed by atoms with E-state index in [1.165, 1.54) is 4.90 Å². The number of fused-ring (bicyclic) bond motifs is 1. The molecule has 228 valence electrons. The minimum atomic E-state index is -0.529. The average molecular weight is 585 g/mol. The van der Waals surface area contributed by atoms with Crippen LogP contribution in [0, 0.1) is 0 Å². The number of aryl methyl sites for hydroxylation is 3. The van der Waals surface area contributed by atoms with E-state index in [1.54, 1.807) is 24.3 Å². The lowest BCUT2D eigenvalue weighted by molar-refractivity contribution is -0.154. The van der Waals surface area contributed by atoms with Gasteiger partial charge in [0.25, 0.3) is 11.8 Å². The summed E-state index contributed by atoms with van der Waals surface area (Å²) in [5.74, 6) is 0.187. The quantitative estimate of drug-likeness (QED) is 0.133. The number of amides is 2. The second-order valence-electron chi connectivity index (χ2n) is 12.4. The molecule has 0 saturated carbocycles. The first kappa shape index (κ1) is 32.0. The molecule has 7 heteroatoms. The number of rotatable bonds is 14. The Morgan fingerprint density at radius 3 is 2.00 bits per heavy atom. The normalized spacial score (nSPS) is 13.0. The Hall–Kier alpha value is -3.97. The fourth-order valence-electron chi connectivity index (χ4n) is 5.29. The van der Waals surface area contributed by atoms with Crippen LogP contribution in [0.3, 0.4) is 0 Å². The molecule has 0 fully saturated rings. The molecule has 7 nitrogen and oxygen atoms in total. The molecule has 1 aliphatic rings. The molecule has 4 rings (SSSR count). The molecule has 0 atom stereocenters. The summed E-state index contributed by atoms with van der Waals surface area (Å²) in [5, 5.41) is 0. The molecule has 43 heavy (non-hydrogen) atoms. The maximum atomic E-state index is 12.9. The van der Waals surface area contributed by atoms with Gasteiger partial charge in [-0.15, -0.1) is 0 Å². The topological polar surface area (TPSA) is 76.2 Å². The Kier molecular flexibility index (Phi) is 10.8. The van der Waals surface area contributed by atoms with Crippen LogP contribution in [0.15, 0.2) is 66.7 Å². The standard InChI is InChI=1S/C36H44N2O5/c1-36(2,3)43-33(39)18-16-27-23-26(15-17-29-11-6-9-14-32(29)42-22-10-20-37(4)5)24-28(25-27)19-21-38-34(40)30-12-7-8-13-31(30)35(38)41/h6-9,11-14,23-25H,10,15-22H2,1-5H3. The molecule has 0 saturated heterocycles. The number of hydrogen-bond acceptors (Lipinski definition) is 6. The van der Waals surface area contributed by atoms with Crippen molar-refractivity contribution in [2.45, 2.75) is 64.9 Å². The zero-order chi connectivity index (χ0) is 31.0.